The van der Waals surface area contributed by atoms with E-state index in [-0.39, 0.29) is 0 Å². The van der Waals surface area contributed by atoms with Crippen molar-refractivity contribution in [2.75, 3.05) is 7.11 Å². The average Bonchev–Trinajstić information content (AvgIpc) is 3.19. The minimum Gasteiger partial charge on any atom is -0.495 e. The summed E-state index contributed by atoms with van der Waals surface area (Å²) in [5, 5.41) is 16.9. The van der Waals surface area contributed by atoms with Gasteiger partial charge in [0.2, 0.25) is 0 Å². The summed E-state index contributed by atoms with van der Waals surface area (Å²) in [5.74, 6) is 0.762. The Kier molecular flexibility index (Phi) is 4.08. The molecule has 0 aliphatic heterocycles. The zero-order chi connectivity index (χ0) is 13.9. The molecule has 1 atom stereocenters. The minimum absolute atomic E-state index is 0.538. The fraction of sp³-hybridized carbons (Fsp3) is 0.533. The molecule has 2 heterocycles. The highest BCUT2D eigenvalue weighted by Gasteiger charge is 2.20. The number of thiophene rings is 1. The zero-order valence-corrected chi connectivity index (χ0v) is 12.5. The Balaban J connectivity index is 1.68. The van der Waals surface area contributed by atoms with Crippen LogP contribution in [0.2, 0.25) is 0 Å². The van der Waals surface area contributed by atoms with Crippen LogP contribution in [0.3, 0.4) is 0 Å². The van der Waals surface area contributed by atoms with E-state index in [0.29, 0.717) is 12.5 Å². The van der Waals surface area contributed by atoms with Crippen LogP contribution >= 0.6 is 11.3 Å². The first-order valence-corrected chi connectivity index (χ1v) is 7.99. The second kappa shape index (κ2) is 5.97. The van der Waals surface area contributed by atoms with Gasteiger partial charge in [-0.25, -0.2) is 0 Å². The highest BCUT2D eigenvalue weighted by Crippen LogP contribution is 2.33. The highest BCUT2D eigenvalue weighted by atomic mass is 32.1. The molecule has 108 valence electrons. The van der Waals surface area contributed by atoms with Crippen molar-refractivity contribution in [3.8, 4) is 5.75 Å². The van der Waals surface area contributed by atoms with Gasteiger partial charge < -0.3 is 9.84 Å². The van der Waals surface area contributed by atoms with E-state index in [1.165, 1.54) is 37.0 Å². The maximum atomic E-state index is 10.3. The van der Waals surface area contributed by atoms with Gasteiger partial charge in [-0.2, -0.15) is 5.10 Å². The largest absolute Gasteiger partial charge is 0.495 e. The monoisotopic (exact) mass is 292 g/mol. The third-order valence-corrected chi connectivity index (χ3v) is 4.94. The number of rotatable bonds is 5. The van der Waals surface area contributed by atoms with Gasteiger partial charge in [0.15, 0.2) is 0 Å². The van der Waals surface area contributed by atoms with Gasteiger partial charge in [-0.15, -0.1) is 11.3 Å². The summed E-state index contributed by atoms with van der Waals surface area (Å²) in [6, 6.07) is 4.46. The Bertz CT molecular complexity index is 558. The summed E-state index contributed by atoms with van der Waals surface area (Å²) in [4.78, 5) is 0.878. The molecule has 0 bridgehead atoms. The predicted molar refractivity (Wildman–Crippen MR) is 79.3 cm³/mol. The van der Waals surface area contributed by atoms with Crippen molar-refractivity contribution in [2.24, 2.45) is 0 Å². The molecule has 2 aromatic heterocycles. The smallest absolute Gasteiger partial charge is 0.135 e. The molecule has 2 aromatic rings. The van der Waals surface area contributed by atoms with Crippen LogP contribution in [0.1, 0.15) is 48.4 Å². The van der Waals surface area contributed by atoms with E-state index >= 15 is 0 Å². The van der Waals surface area contributed by atoms with E-state index in [9.17, 15) is 5.11 Å². The van der Waals surface area contributed by atoms with E-state index < -0.39 is 6.10 Å². The summed E-state index contributed by atoms with van der Waals surface area (Å²) in [6.07, 6.45) is 7.09. The van der Waals surface area contributed by atoms with Gasteiger partial charge in [-0.3, -0.25) is 4.68 Å². The van der Waals surface area contributed by atoms with Crippen LogP contribution in [0, 0.1) is 0 Å². The fourth-order valence-corrected chi connectivity index (χ4v) is 3.72. The lowest BCUT2D eigenvalue weighted by Gasteiger charge is -2.11. The number of nitrogens with zero attached hydrogens (tertiary/aromatic N) is 2. The zero-order valence-electron chi connectivity index (χ0n) is 11.7. The number of aliphatic hydroxyl groups excluding tert-OH is 1. The Morgan fingerprint density at radius 3 is 3.00 bits per heavy atom. The first kappa shape index (κ1) is 13.6. The Labute approximate surface area is 123 Å². The van der Waals surface area contributed by atoms with E-state index in [4.69, 9.17) is 4.74 Å². The number of hydrogen-bond donors (Lipinski definition) is 1. The van der Waals surface area contributed by atoms with Crippen LogP contribution in [-0.4, -0.2) is 22.0 Å². The molecule has 1 aliphatic carbocycles. The van der Waals surface area contributed by atoms with Gasteiger partial charge in [0.05, 0.1) is 29.8 Å². The molecule has 0 saturated heterocycles. The molecule has 0 radical (unpaired) electrons. The van der Waals surface area contributed by atoms with Crippen molar-refractivity contribution in [1.82, 2.24) is 9.78 Å². The summed E-state index contributed by atoms with van der Waals surface area (Å²) >= 11 is 1.52. The van der Waals surface area contributed by atoms with Crippen molar-refractivity contribution in [3.63, 3.8) is 0 Å². The number of ether oxygens (including phenoxy) is 1. The van der Waals surface area contributed by atoms with E-state index in [2.05, 4.69) is 9.78 Å². The summed E-state index contributed by atoms with van der Waals surface area (Å²) in [7, 11) is 1.63. The minimum atomic E-state index is -0.545. The molecule has 3 rings (SSSR count). The maximum Gasteiger partial charge on any atom is 0.135 e. The Morgan fingerprint density at radius 2 is 2.25 bits per heavy atom. The Morgan fingerprint density at radius 1 is 1.45 bits per heavy atom. The van der Waals surface area contributed by atoms with Crippen molar-refractivity contribution >= 4 is 11.3 Å². The topological polar surface area (TPSA) is 47.3 Å². The van der Waals surface area contributed by atoms with Crippen LogP contribution < -0.4 is 4.74 Å². The molecule has 4 nitrogen and oxygen atoms in total. The van der Waals surface area contributed by atoms with Gasteiger partial charge in [-0.1, -0.05) is 12.8 Å². The third kappa shape index (κ3) is 2.74. The lowest BCUT2D eigenvalue weighted by molar-refractivity contribution is 0.176. The van der Waals surface area contributed by atoms with Crippen molar-refractivity contribution in [2.45, 2.75) is 44.2 Å². The molecule has 1 fully saturated rings. The summed E-state index contributed by atoms with van der Waals surface area (Å²) < 4.78 is 7.33. The van der Waals surface area contributed by atoms with E-state index in [0.717, 1.165) is 16.3 Å². The lowest BCUT2D eigenvalue weighted by Crippen LogP contribution is -2.07. The highest BCUT2D eigenvalue weighted by molar-refractivity contribution is 7.10. The molecule has 0 aromatic carbocycles. The van der Waals surface area contributed by atoms with Gasteiger partial charge in [-0.05, 0) is 30.4 Å². The number of aromatic nitrogens is 2. The molecular formula is C15H20N2O2S. The molecule has 0 spiro atoms. The number of hydrogen-bond acceptors (Lipinski definition) is 4. The summed E-state index contributed by atoms with van der Waals surface area (Å²) in [5.41, 5.74) is 0.944. The molecule has 5 heteroatoms. The van der Waals surface area contributed by atoms with Crippen LogP contribution in [0.4, 0.5) is 0 Å². The molecule has 1 saturated carbocycles. The van der Waals surface area contributed by atoms with Crippen LogP contribution in [0.15, 0.2) is 23.7 Å². The molecule has 1 aliphatic rings. The number of aliphatic hydroxyl groups is 1. The van der Waals surface area contributed by atoms with E-state index in [1.54, 1.807) is 7.11 Å². The molecule has 20 heavy (non-hydrogen) atoms. The standard InChI is InChI=1S/C15H20N2O2S/c1-19-14-7-9-20-15(14)13(18)10-11-6-8-17(16-11)12-4-2-3-5-12/h6-9,12-13,18H,2-5,10H2,1H3. The first-order valence-electron chi connectivity index (χ1n) is 7.11. The first-order chi connectivity index (χ1) is 9.78. The molecule has 1 N–H and O–H groups in total. The fourth-order valence-electron chi connectivity index (χ4n) is 2.87. The van der Waals surface area contributed by atoms with Crippen LogP contribution in [0.25, 0.3) is 0 Å². The van der Waals surface area contributed by atoms with Gasteiger partial charge in [0.25, 0.3) is 0 Å². The molecular weight excluding hydrogens is 272 g/mol. The second-order valence-corrected chi connectivity index (χ2v) is 6.25. The molecule has 1 unspecified atom stereocenters. The third-order valence-electron chi connectivity index (χ3n) is 3.94. The lowest BCUT2D eigenvalue weighted by atomic mass is 10.1. The Hall–Kier alpha value is -1.33. The van der Waals surface area contributed by atoms with Gasteiger partial charge in [0.1, 0.15) is 5.75 Å². The van der Waals surface area contributed by atoms with Crippen molar-refractivity contribution in [1.29, 1.82) is 0 Å². The van der Waals surface area contributed by atoms with Crippen LogP contribution in [-0.2, 0) is 6.42 Å². The molecule has 0 amide bonds. The normalized spacial score (nSPS) is 17.5. The SMILES string of the molecule is COc1ccsc1C(O)Cc1ccn(C2CCCC2)n1. The summed E-state index contributed by atoms with van der Waals surface area (Å²) in [6.45, 7) is 0. The quantitative estimate of drug-likeness (QED) is 0.919. The van der Waals surface area contributed by atoms with Crippen molar-refractivity contribution < 1.29 is 9.84 Å². The van der Waals surface area contributed by atoms with Gasteiger partial charge >= 0.3 is 0 Å². The van der Waals surface area contributed by atoms with Crippen molar-refractivity contribution in [3.05, 3.63) is 34.3 Å². The average molecular weight is 292 g/mol. The van der Waals surface area contributed by atoms with Gasteiger partial charge in [0, 0.05) is 12.6 Å². The number of methoxy groups -OCH3 is 1. The van der Waals surface area contributed by atoms with Crippen LogP contribution in [0.5, 0.6) is 5.75 Å². The second-order valence-electron chi connectivity index (χ2n) is 5.30. The predicted octanol–water partition coefficient (Wildman–Crippen LogP) is 3.34. The van der Waals surface area contributed by atoms with E-state index in [1.807, 2.05) is 23.7 Å². The maximum absolute atomic E-state index is 10.3.